The van der Waals surface area contributed by atoms with E-state index in [9.17, 15) is 13.5 Å². The maximum atomic E-state index is 11.3. The molecular weight excluding hydrogens is 244 g/mol. The van der Waals surface area contributed by atoms with Gasteiger partial charge in [0.2, 0.25) is 0 Å². The van der Waals surface area contributed by atoms with Crippen LogP contribution in [0.2, 0.25) is 0 Å². The highest BCUT2D eigenvalue weighted by molar-refractivity contribution is 9.11. The highest BCUT2D eigenvalue weighted by atomic mass is 79.9. The van der Waals surface area contributed by atoms with Crippen LogP contribution in [0.5, 0.6) is 0 Å². The van der Waals surface area contributed by atoms with Crippen LogP contribution >= 0.6 is 15.9 Å². The number of halogens is 1. The van der Waals surface area contributed by atoms with Crippen LogP contribution in [-0.4, -0.2) is 29.5 Å². The smallest absolute Gasteiger partial charge is 0.165 e. The number of hydrogen-bond donors (Lipinski definition) is 1. The molecule has 0 bridgehead atoms. The van der Waals surface area contributed by atoms with Crippen LogP contribution in [0.15, 0.2) is 0 Å². The lowest BCUT2D eigenvalue weighted by atomic mass is 10.3. The summed E-state index contributed by atoms with van der Waals surface area (Å²) in [7, 11) is -3.14. The number of aliphatic hydroxyl groups excluding tert-OH is 1. The maximum Gasteiger partial charge on any atom is 0.165 e. The topological polar surface area (TPSA) is 54.4 Å². The summed E-state index contributed by atoms with van der Waals surface area (Å²) < 4.78 is 21.8. The van der Waals surface area contributed by atoms with Gasteiger partial charge in [-0.1, -0.05) is 22.9 Å². The molecule has 0 heterocycles. The van der Waals surface area contributed by atoms with E-state index in [-0.39, 0.29) is 11.7 Å². The molecular formula is C7H13BrO3S. The van der Waals surface area contributed by atoms with Gasteiger partial charge >= 0.3 is 0 Å². The minimum Gasteiger partial charge on any atom is -0.391 e. The molecule has 0 radical (unpaired) electrons. The Bertz CT molecular complexity index is 245. The minimum atomic E-state index is -3.14. The van der Waals surface area contributed by atoms with E-state index in [1.807, 2.05) is 0 Å². The average Bonchev–Trinajstić information content (AvgIpc) is 2.84. The van der Waals surface area contributed by atoms with Crippen molar-refractivity contribution < 1.29 is 13.5 Å². The molecule has 0 aromatic heterocycles. The Morgan fingerprint density at radius 3 is 2.42 bits per heavy atom. The molecule has 5 heteroatoms. The Kier molecular flexibility index (Phi) is 3.17. The summed E-state index contributed by atoms with van der Waals surface area (Å²) in [4.78, 5) is 0. The van der Waals surface area contributed by atoms with Crippen molar-refractivity contribution in [3.63, 3.8) is 0 Å². The second-order valence-corrected chi connectivity index (χ2v) is 7.13. The van der Waals surface area contributed by atoms with E-state index in [0.29, 0.717) is 0 Å². The van der Waals surface area contributed by atoms with E-state index >= 15 is 0 Å². The van der Waals surface area contributed by atoms with Crippen molar-refractivity contribution in [1.82, 2.24) is 0 Å². The Balaban J connectivity index is 2.62. The van der Waals surface area contributed by atoms with E-state index in [0.717, 1.165) is 12.8 Å². The van der Waals surface area contributed by atoms with Gasteiger partial charge < -0.3 is 5.11 Å². The summed E-state index contributed by atoms with van der Waals surface area (Å²) in [6.45, 7) is 1.59. The van der Waals surface area contributed by atoms with Crippen molar-refractivity contribution in [3.05, 3.63) is 0 Å². The molecule has 72 valence electrons. The molecule has 12 heavy (non-hydrogen) atoms. The Morgan fingerprint density at radius 1 is 1.58 bits per heavy atom. The number of sulfone groups is 1. The fourth-order valence-electron chi connectivity index (χ4n) is 1.02. The van der Waals surface area contributed by atoms with Gasteiger partial charge in [0.15, 0.2) is 9.84 Å². The zero-order valence-electron chi connectivity index (χ0n) is 6.90. The number of hydrogen-bond acceptors (Lipinski definition) is 3. The van der Waals surface area contributed by atoms with Crippen LogP contribution in [0.1, 0.15) is 19.8 Å². The highest BCUT2D eigenvalue weighted by Gasteiger charge is 2.39. The summed E-state index contributed by atoms with van der Waals surface area (Å²) in [5.74, 6) is 0.267. The van der Waals surface area contributed by atoms with Crippen molar-refractivity contribution in [1.29, 1.82) is 0 Å². The first-order chi connectivity index (χ1) is 5.49. The molecule has 0 aromatic carbocycles. The zero-order chi connectivity index (χ0) is 9.35. The molecule has 1 aliphatic carbocycles. The maximum absolute atomic E-state index is 11.3. The summed E-state index contributed by atoms with van der Waals surface area (Å²) in [5, 5.41) is 9.50. The lowest BCUT2D eigenvalue weighted by Gasteiger charge is -2.15. The van der Waals surface area contributed by atoms with Gasteiger partial charge in [0.1, 0.15) is 4.16 Å². The third-order valence-corrected chi connectivity index (χ3v) is 6.14. The van der Waals surface area contributed by atoms with Gasteiger partial charge in [-0.15, -0.1) is 0 Å². The predicted molar refractivity (Wildman–Crippen MR) is 50.9 cm³/mol. The first-order valence-corrected chi connectivity index (χ1v) is 6.66. The molecule has 0 unspecified atom stereocenters. The van der Waals surface area contributed by atoms with Crippen LogP contribution in [0.3, 0.4) is 0 Å². The quantitative estimate of drug-likeness (QED) is 0.762. The van der Waals surface area contributed by atoms with E-state index in [1.54, 1.807) is 6.92 Å². The van der Waals surface area contributed by atoms with Crippen LogP contribution in [0.4, 0.5) is 0 Å². The highest BCUT2D eigenvalue weighted by Crippen LogP contribution is 2.37. The average molecular weight is 257 g/mol. The normalized spacial score (nSPS) is 23.6. The van der Waals surface area contributed by atoms with Gasteiger partial charge in [0, 0.05) is 5.75 Å². The fourth-order valence-corrected chi connectivity index (χ4v) is 3.21. The third-order valence-electron chi connectivity index (χ3n) is 2.12. The molecule has 0 spiro atoms. The first kappa shape index (κ1) is 10.5. The Labute approximate surface area is 81.2 Å². The summed E-state index contributed by atoms with van der Waals surface area (Å²) in [6.07, 6.45) is 1.17. The molecule has 1 saturated carbocycles. The molecule has 3 nitrogen and oxygen atoms in total. The molecule has 0 aliphatic heterocycles. The fraction of sp³-hybridized carbons (Fsp3) is 1.00. The van der Waals surface area contributed by atoms with Gasteiger partial charge in [-0.25, -0.2) is 8.42 Å². The third kappa shape index (κ3) is 2.20. The molecule has 1 fully saturated rings. The van der Waals surface area contributed by atoms with Crippen molar-refractivity contribution in [3.8, 4) is 0 Å². The first-order valence-electron chi connectivity index (χ1n) is 4.02. The SMILES string of the molecule is CCS(=O)(=O)[C@@H](Br)[C@H](O)C1CC1. The predicted octanol–water partition coefficient (Wildman–Crippen LogP) is 0.913. The monoisotopic (exact) mass is 256 g/mol. The number of aliphatic hydroxyl groups is 1. The van der Waals surface area contributed by atoms with E-state index in [4.69, 9.17) is 0 Å². The molecule has 1 N–H and O–H groups in total. The summed E-state index contributed by atoms with van der Waals surface area (Å²) in [5.41, 5.74) is 0. The Morgan fingerprint density at radius 2 is 2.08 bits per heavy atom. The van der Waals surface area contributed by atoms with E-state index < -0.39 is 20.1 Å². The number of rotatable bonds is 4. The van der Waals surface area contributed by atoms with Gasteiger partial charge in [-0.3, -0.25) is 0 Å². The van der Waals surface area contributed by atoms with Crippen LogP contribution in [0, 0.1) is 5.92 Å². The van der Waals surface area contributed by atoms with Crippen LogP contribution in [-0.2, 0) is 9.84 Å². The van der Waals surface area contributed by atoms with Gasteiger partial charge in [0.05, 0.1) is 6.10 Å². The van der Waals surface area contributed by atoms with Crippen molar-refractivity contribution in [2.24, 2.45) is 5.92 Å². The lowest BCUT2D eigenvalue weighted by molar-refractivity contribution is 0.167. The van der Waals surface area contributed by atoms with Crippen molar-refractivity contribution >= 4 is 25.8 Å². The van der Waals surface area contributed by atoms with E-state index in [1.165, 1.54) is 0 Å². The van der Waals surface area contributed by atoms with Crippen molar-refractivity contribution in [2.45, 2.75) is 30.0 Å². The summed E-state index contributed by atoms with van der Waals surface area (Å²) >= 11 is 3.03. The standard InChI is InChI=1S/C7H13BrO3S/c1-2-12(10,11)7(8)6(9)5-3-4-5/h5-7,9H,2-4H2,1H3/t6-,7-/m1/s1. The van der Waals surface area contributed by atoms with Gasteiger partial charge in [-0.2, -0.15) is 0 Å². The van der Waals surface area contributed by atoms with Crippen LogP contribution < -0.4 is 0 Å². The second kappa shape index (κ2) is 3.64. The molecule has 0 saturated heterocycles. The van der Waals surface area contributed by atoms with Gasteiger partial charge in [0.25, 0.3) is 0 Å². The number of alkyl halides is 1. The van der Waals surface area contributed by atoms with Crippen LogP contribution in [0.25, 0.3) is 0 Å². The molecule has 1 aliphatic rings. The van der Waals surface area contributed by atoms with Crippen molar-refractivity contribution in [2.75, 3.05) is 5.75 Å². The molecule has 0 aromatic rings. The second-order valence-electron chi connectivity index (χ2n) is 3.13. The molecule has 1 rings (SSSR count). The summed E-state index contributed by atoms with van der Waals surface area (Å²) in [6, 6.07) is 0. The molecule has 0 amide bonds. The lowest BCUT2D eigenvalue weighted by Crippen LogP contribution is -2.31. The zero-order valence-corrected chi connectivity index (χ0v) is 9.31. The minimum absolute atomic E-state index is 0.0761. The van der Waals surface area contributed by atoms with Gasteiger partial charge in [-0.05, 0) is 18.8 Å². The largest absolute Gasteiger partial charge is 0.391 e. The Hall–Kier alpha value is 0.390. The molecule has 2 atom stereocenters. The van der Waals surface area contributed by atoms with E-state index in [2.05, 4.69) is 15.9 Å².